The van der Waals surface area contributed by atoms with Crippen LogP contribution in [0.25, 0.3) is 11.3 Å². The molecule has 10 heteroatoms. The molecular weight excluding hydrogens is 505 g/mol. The van der Waals surface area contributed by atoms with Crippen molar-refractivity contribution in [2.45, 2.75) is 25.4 Å². The van der Waals surface area contributed by atoms with Gasteiger partial charge in [-0.2, -0.15) is 13.2 Å². The number of amides is 1. The minimum absolute atomic E-state index is 0.00538. The van der Waals surface area contributed by atoms with Gasteiger partial charge in [0.1, 0.15) is 0 Å². The van der Waals surface area contributed by atoms with Crippen LogP contribution < -0.4 is 10.6 Å². The lowest BCUT2D eigenvalue weighted by atomic mass is 9.93. The number of nitrogens with one attached hydrogen (secondary N) is 2. The molecule has 0 spiro atoms. The summed E-state index contributed by atoms with van der Waals surface area (Å²) >= 11 is 0. The van der Waals surface area contributed by atoms with Gasteiger partial charge in [-0.15, -0.1) is 0 Å². The molecule has 1 atom stereocenters. The zero-order valence-electron chi connectivity index (χ0n) is 21.7. The first-order valence-electron chi connectivity index (χ1n) is 12.3. The molecule has 1 aliphatic rings. The van der Waals surface area contributed by atoms with Crippen LogP contribution in [0.1, 0.15) is 40.7 Å². The van der Waals surface area contributed by atoms with E-state index in [1.807, 2.05) is 13.1 Å². The number of likely N-dealkylation sites (N-methyl/N-ethyl adjacent to an activating group) is 1. The van der Waals surface area contributed by atoms with E-state index in [1.165, 1.54) is 12.1 Å². The maximum absolute atomic E-state index is 13.9. The Kier molecular flexibility index (Phi) is 8.25. The molecule has 0 radical (unpaired) electrons. The Morgan fingerprint density at radius 1 is 1.18 bits per heavy atom. The van der Waals surface area contributed by atoms with Crippen LogP contribution in [0.3, 0.4) is 0 Å². The number of allylic oxidation sites excluding steroid dienone is 2. The zero-order chi connectivity index (χ0) is 28.2. The number of rotatable bonds is 8. The maximum atomic E-state index is 13.9. The van der Waals surface area contributed by atoms with Gasteiger partial charge in [-0.05, 0) is 80.4 Å². The summed E-state index contributed by atoms with van der Waals surface area (Å²) in [4.78, 5) is 27.8. The highest BCUT2D eigenvalue weighted by Gasteiger charge is 2.36. The normalized spacial score (nSPS) is 16.1. The molecule has 1 aromatic carbocycles. The molecule has 3 heterocycles. The van der Waals surface area contributed by atoms with Crippen molar-refractivity contribution in [2.75, 3.05) is 25.5 Å². The van der Waals surface area contributed by atoms with E-state index in [1.54, 1.807) is 43.7 Å². The first-order valence-corrected chi connectivity index (χ1v) is 12.3. The number of aromatic nitrogens is 3. The van der Waals surface area contributed by atoms with Gasteiger partial charge < -0.3 is 15.5 Å². The van der Waals surface area contributed by atoms with E-state index in [0.29, 0.717) is 29.1 Å². The van der Waals surface area contributed by atoms with Crippen molar-refractivity contribution < 1.29 is 18.0 Å². The molecule has 1 saturated heterocycles. The monoisotopic (exact) mass is 534 g/mol. The highest BCUT2D eigenvalue weighted by Crippen LogP contribution is 2.36. The lowest BCUT2D eigenvalue weighted by Crippen LogP contribution is -2.25. The fraction of sp³-hybridized carbons (Fsp3) is 0.241. The van der Waals surface area contributed by atoms with Crippen molar-refractivity contribution >= 4 is 11.9 Å². The third kappa shape index (κ3) is 6.97. The number of anilines is 1. The van der Waals surface area contributed by atoms with Crippen LogP contribution in [0.5, 0.6) is 0 Å². The minimum atomic E-state index is -4.69. The summed E-state index contributed by atoms with van der Waals surface area (Å²) < 4.78 is 41.8. The minimum Gasteiger partial charge on any atom is -0.324 e. The second-order valence-electron chi connectivity index (χ2n) is 9.50. The third-order valence-corrected chi connectivity index (χ3v) is 6.37. The number of carbonyl (C=O) groups excluding carboxylic acids is 1. The van der Waals surface area contributed by atoms with E-state index < -0.39 is 23.2 Å². The molecule has 1 fully saturated rings. The number of nitrogens with zero attached hydrogens (tertiary/aromatic N) is 4. The number of benzene rings is 1. The van der Waals surface area contributed by atoms with Gasteiger partial charge in [0, 0.05) is 42.1 Å². The summed E-state index contributed by atoms with van der Waals surface area (Å²) in [5, 5.41) is 5.50. The van der Waals surface area contributed by atoms with Crippen LogP contribution in [0.4, 0.5) is 19.1 Å². The van der Waals surface area contributed by atoms with Crippen molar-refractivity contribution in [3.05, 3.63) is 108 Å². The maximum Gasteiger partial charge on any atom is 0.417 e. The number of alkyl halides is 3. The van der Waals surface area contributed by atoms with E-state index >= 15 is 0 Å². The standard InChI is InChI=1S/C29H29F3N6O/c1-18(2)26(37-28-34-12-9-25(36-28)21-6-5-11-33-16-21)14-19(3)35-27(39)23-8-7-20(15-24(23)29(30,31)32)22-10-13-38(4)17-22/h5-9,11-12,14-16,22H,1,3,10,13,17H2,2,4H3,(H,35,39)(H,34,36,37)/b26-14+. The number of hydrogen-bond acceptors (Lipinski definition) is 6. The molecular formula is C29H29F3N6O. The molecule has 202 valence electrons. The number of carbonyl (C=O) groups is 1. The van der Waals surface area contributed by atoms with Crippen LogP contribution in [0.15, 0.2) is 91.2 Å². The Bertz CT molecular complexity index is 1420. The molecule has 2 aromatic heterocycles. The zero-order valence-corrected chi connectivity index (χ0v) is 21.7. The van der Waals surface area contributed by atoms with Crippen LogP contribution in [-0.4, -0.2) is 45.9 Å². The Morgan fingerprint density at radius 3 is 2.62 bits per heavy atom. The van der Waals surface area contributed by atoms with Crippen LogP contribution >= 0.6 is 0 Å². The summed E-state index contributed by atoms with van der Waals surface area (Å²) in [6.45, 7) is 10.9. The van der Waals surface area contributed by atoms with Crippen molar-refractivity contribution in [1.29, 1.82) is 0 Å². The average Bonchev–Trinajstić information content (AvgIpc) is 3.34. The van der Waals surface area contributed by atoms with Crippen molar-refractivity contribution in [3.8, 4) is 11.3 Å². The van der Waals surface area contributed by atoms with E-state index in [4.69, 9.17) is 0 Å². The van der Waals surface area contributed by atoms with E-state index in [0.717, 1.165) is 24.6 Å². The van der Waals surface area contributed by atoms with Gasteiger partial charge in [-0.1, -0.05) is 19.2 Å². The van der Waals surface area contributed by atoms with Gasteiger partial charge in [-0.3, -0.25) is 9.78 Å². The average molecular weight is 535 g/mol. The first kappa shape index (κ1) is 27.7. The lowest BCUT2D eigenvalue weighted by molar-refractivity contribution is -0.138. The Balaban J connectivity index is 1.52. The van der Waals surface area contributed by atoms with Crippen LogP contribution in [0, 0.1) is 0 Å². The summed E-state index contributed by atoms with van der Waals surface area (Å²) in [7, 11) is 1.93. The molecule has 2 N–H and O–H groups in total. The molecule has 0 saturated carbocycles. The first-order chi connectivity index (χ1) is 18.5. The molecule has 39 heavy (non-hydrogen) atoms. The second kappa shape index (κ2) is 11.6. The third-order valence-electron chi connectivity index (χ3n) is 6.37. The largest absolute Gasteiger partial charge is 0.417 e. The Hall–Kier alpha value is -4.31. The smallest absolute Gasteiger partial charge is 0.324 e. The SMILES string of the molecule is C=C(/C=C(/Nc1nccc(-c2cccnc2)n1)C(=C)C)NC(=O)c1ccc(C2CCN(C)C2)cc1C(F)(F)F. The predicted molar refractivity (Wildman–Crippen MR) is 145 cm³/mol. The van der Waals surface area contributed by atoms with Gasteiger partial charge in [0.15, 0.2) is 0 Å². The number of halogens is 3. The fourth-order valence-corrected chi connectivity index (χ4v) is 4.36. The van der Waals surface area contributed by atoms with E-state index in [2.05, 4.69) is 43.6 Å². The summed E-state index contributed by atoms with van der Waals surface area (Å²) in [6.07, 6.45) is 2.46. The number of pyridine rings is 1. The molecule has 1 aliphatic heterocycles. The van der Waals surface area contributed by atoms with Gasteiger partial charge in [0.2, 0.25) is 5.95 Å². The summed E-state index contributed by atoms with van der Waals surface area (Å²) in [6, 6.07) is 9.31. The van der Waals surface area contributed by atoms with Gasteiger partial charge in [-0.25, -0.2) is 9.97 Å². The van der Waals surface area contributed by atoms with Crippen molar-refractivity contribution in [3.63, 3.8) is 0 Å². The van der Waals surface area contributed by atoms with Crippen molar-refractivity contribution in [1.82, 2.24) is 25.2 Å². The van der Waals surface area contributed by atoms with Crippen LogP contribution in [-0.2, 0) is 6.18 Å². The summed E-state index contributed by atoms with van der Waals surface area (Å²) in [5.41, 5.74) is 1.65. The molecule has 7 nitrogen and oxygen atoms in total. The Labute approximate surface area is 225 Å². The summed E-state index contributed by atoms with van der Waals surface area (Å²) in [5.74, 6) is -0.652. The highest BCUT2D eigenvalue weighted by molar-refractivity contribution is 5.97. The van der Waals surface area contributed by atoms with Gasteiger partial charge >= 0.3 is 6.18 Å². The second-order valence-corrected chi connectivity index (χ2v) is 9.50. The van der Waals surface area contributed by atoms with Crippen LogP contribution in [0.2, 0.25) is 0 Å². The quantitative estimate of drug-likeness (QED) is 0.356. The molecule has 0 bridgehead atoms. The number of likely N-dealkylation sites (tertiary alicyclic amines) is 1. The number of hydrogen-bond donors (Lipinski definition) is 2. The molecule has 1 unspecified atom stereocenters. The Morgan fingerprint density at radius 2 is 1.97 bits per heavy atom. The lowest BCUT2D eigenvalue weighted by Gasteiger charge is -2.18. The van der Waals surface area contributed by atoms with E-state index in [-0.39, 0.29) is 17.6 Å². The van der Waals surface area contributed by atoms with Gasteiger partial charge in [0.05, 0.1) is 16.8 Å². The molecule has 3 aromatic rings. The molecule has 0 aliphatic carbocycles. The van der Waals surface area contributed by atoms with E-state index in [9.17, 15) is 18.0 Å². The topological polar surface area (TPSA) is 83.0 Å². The van der Waals surface area contributed by atoms with Gasteiger partial charge in [0.25, 0.3) is 5.91 Å². The predicted octanol–water partition coefficient (Wildman–Crippen LogP) is 5.79. The fourth-order valence-electron chi connectivity index (χ4n) is 4.36. The molecule has 4 rings (SSSR count). The molecule has 1 amide bonds. The van der Waals surface area contributed by atoms with Crippen molar-refractivity contribution in [2.24, 2.45) is 0 Å². The highest BCUT2D eigenvalue weighted by atomic mass is 19.4.